The Kier molecular flexibility index (Phi) is 3.08. The summed E-state index contributed by atoms with van der Waals surface area (Å²) in [5.41, 5.74) is 3.48. The second-order valence-electron chi connectivity index (χ2n) is 6.86. The maximum Gasteiger partial charge on any atom is 0.227 e. The molecule has 7 nitrogen and oxygen atoms in total. The molecule has 2 saturated heterocycles. The van der Waals surface area contributed by atoms with Crippen LogP contribution in [-0.4, -0.2) is 45.3 Å². The second-order valence-corrected chi connectivity index (χ2v) is 6.86. The van der Waals surface area contributed by atoms with E-state index in [1.54, 1.807) is 6.33 Å². The molecule has 5 rings (SSSR count). The second kappa shape index (κ2) is 5.29. The molecule has 2 aromatic rings. The van der Waals surface area contributed by atoms with Crippen LogP contribution in [0.1, 0.15) is 36.6 Å². The molecular weight excluding hydrogens is 304 g/mol. The van der Waals surface area contributed by atoms with Gasteiger partial charge in [0.25, 0.3) is 0 Å². The predicted molar refractivity (Wildman–Crippen MR) is 89.1 cm³/mol. The van der Waals surface area contributed by atoms with Gasteiger partial charge >= 0.3 is 0 Å². The number of carbonyl (C=O) groups is 1. The normalized spacial score (nSPS) is 20.6. The van der Waals surface area contributed by atoms with E-state index in [0.717, 1.165) is 50.4 Å². The number of amides is 1. The number of anilines is 2. The van der Waals surface area contributed by atoms with E-state index in [2.05, 4.69) is 20.0 Å². The van der Waals surface area contributed by atoms with Gasteiger partial charge in [-0.1, -0.05) is 0 Å². The molecule has 24 heavy (non-hydrogen) atoms. The minimum Gasteiger partial charge on any atom is -0.352 e. The average molecular weight is 324 g/mol. The third kappa shape index (κ3) is 2.11. The predicted octanol–water partition coefficient (Wildman–Crippen LogP) is 1.35. The fraction of sp³-hybridized carbons (Fsp3) is 0.529. The molecule has 0 radical (unpaired) electrons. The number of aryl methyl sites for hydroxylation is 1. The molecule has 4 heterocycles. The maximum atomic E-state index is 11.8. The lowest BCUT2D eigenvalue weighted by molar-refractivity contribution is -0.117. The van der Waals surface area contributed by atoms with Crippen LogP contribution in [0.3, 0.4) is 0 Å². The first-order valence-corrected chi connectivity index (χ1v) is 8.72. The highest BCUT2D eigenvalue weighted by molar-refractivity contribution is 5.95. The maximum absolute atomic E-state index is 11.8. The van der Waals surface area contributed by atoms with Crippen LogP contribution in [-0.2, 0) is 17.6 Å². The van der Waals surface area contributed by atoms with E-state index in [-0.39, 0.29) is 5.91 Å². The summed E-state index contributed by atoms with van der Waals surface area (Å²) in [6.45, 7) is 2.64. The Labute approximate surface area is 140 Å². The van der Waals surface area contributed by atoms with Gasteiger partial charge in [-0.3, -0.25) is 9.48 Å². The summed E-state index contributed by atoms with van der Waals surface area (Å²) in [5, 5.41) is 4.48. The zero-order valence-electron chi connectivity index (χ0n) is 13.6. The molecule has 2 aromatic heterocycles. The highest BCUT2D eigenvalue weighted by Crippen LogP contribution is 2.33. The van der Waals surface area contributed by atoms with Crippen molar-refractivity contribution in [1.82, 2.24) is 19.7 Å². The van der Waals surface area contributed by atoms with Gasteiger partial charge in [0, 0.05) is 43.5 Å². The van der Waals surface area contributed by atoms with Gasteiger partial charge in [0.2, 0.25) is 5.91 Å². The van der Waals surface area contributed by atoms with Gasteiger partial charge in [-0.15, -0.1) is 0 Å². The lowest BCUT2D eigenvalue weighted by Gasteiger charge is -2.40. The Balaban J connectivity index is 1.30. The molecule has 2 fully saturated rings. The third-order valence-electron chi connectivity index (χ3n) is 5.36. The molecule has 1 amide bonds. The van der Waals surface area contributed by atoms with Gasteiger partial charge in [0.1, 0.15) is 12.1 Å². The number of carbonyl (C=O) groups excluding carboxylic acids is 1. The van der Waals surface area contributed by atoms with Gasteiger partial charge in [-0.2, -0.15) is 5.10 Å². The first-order chi connectivity index (χ1) is 11.8. The topological polar surface area (TPSA) is 67.2 Å². The fourth-order valence-electron chi connectivity index (χ4n) is 4.00. The Morgan fingerprint density at radius 1 is 1.08 bits per heavy atom. The van der Waals surface area contributed by atoms with E-state index in [4.69, 9.17) is 0 Å². The van der Waals surface area contributed by atoms with E-state index >= 15 is 0 Å². The summed E-state index contributed by atoms with van der Waals surface area (Å²) in [6.07, 6.45) is 10.5. The number of hydrogen-bond acceptors (Lipinski definition) is 5. The van der Waals surface area contributed by atoms with Crippen LogP contribution in [0.5, 0.6) is 0 Å². The molecule has 3 aliphatic rings. The lowest BCUT2D eigenvalue weighted by Crippen LogP contribution is -2.48. The molecule has 1 aliphatic carbocycles. The summed E-state index contributed by atoms with van der Waals surface area (Å²) < 4.78 is 2.00. The van der Waals surface area contributed by atoms with Crippen molar-refractivity contribution in [2.24, 2.45) is 0 Å². The molecular formula is C17H20N6O. The van der Waals surface area contributed by atoms with Gasteiger partial charge < -0.3 is 9.80 Å². The monoisotopic (exact) mass is 324 g/mol. The average Bonchev–Trinajstić information content (AvgIpc) is 3.25. The Morgan fingerprint density at radius 3 is 2.83 bits per heavy atom. The van der Waals surface area contributed by atoms with E-state index < -0.39 is 0 Å². The zero-order chi connectivity index (χ0) is 16.1. The molecule has 7 heteroatoms. The SMILES string of the molecule is O=C1CCCN1c1cnn(C2CN(c3ncnc4c3CCC4)C2)c1. The van der Waals surface area contributed by atoms with Crippen LogP contribution >= 0.6 is 0 Å². The summed E-state index contributed by atoms with van der Waals surface area (Å²) in [4.78, 5) is 24.9. The van der Waals surface area contributed by atoms with Crippen molar-refractivity contribution >= 4 is 17.4 Å². The number of fused-ring (bicyclic) bond motifs is 1. The van der Waals surface area contributed by atoms with Crippen LogP contribution in [0.4, 0.5) is 11.5 Å². The Hall–Kier alpha value is -2.44. The molecule has 0 N–H and O–H groups in total. The Bertz CT molecular complexity index is 794. The van der Waals surface area contributed by atoms with Crippen LogP contribution in [0.25, 0.3) is 0 Å². The number of nitrogens with zero attached hydrogens (tertiary/aromatic N) is 6. The molecule has 0 atom stereocenters. The minimum atomic E-state index is 0.210. The first-order valence-electron chi connectivity index (χ1n) is 8.72. The fourth-order valence-corrected chi connectivity index (χ4v) is 4.00. The van der Waals surface area contributed by atoms with Gasteiger partial charge in [0.05, 0.1) is 17.9 Å². The van der Waals surface area contributed by atoms with E-state index in [1.165, 1.54) is 17.7 Å². The van der Waals surface area contributed by atoms with E-state index in [9.17, 15) is 4.79 Å². The van der Waals surface area contributed by atoms with Gasteiger partial charge in [-0.05, 0) is 25.7 Å². The van der Waals surface area contributed by atoms with Crippen LogP contribution in [0.2, 0.25) is 0 Å². The highest BCUT2D eigenvalue weighted by Gasteiger charge is 2.33. The van der Waals surface area contributed by atoms with Crippen molar-refractivity contribution in [3.8, 4) is 0 Å². The van der Waals surface area contributed by atoms with Crippen molar-refractivity contribution in [2.75, 3.05) is 29.4 Å². The molecule has 124 valence electrons. The summed E-state index contributed by atoms with van der Waals surface area (Å²) in [5.74, 6) is 1.32. The molecule has 0 saturated carbocycles. The molecule has 0 aromatic carbocycles. The summed E-state index contributed by atoms with van der Waals surface area (Å²) >= 11 is 0. The number of aromatic nitrogens is 4. The third-order valence-corrected chi connectivity index (χ3v) is 5.36. The van der Waals surface area contributed by atoms with Crippen LogP contribution in [0.15, 0.2) is 18.7 Å². The van der Waals surface area contributed by atoms with Crippen molar-refractivity contribution < 1.29 is 4.79 Å². The van der Waals surface area contributed by atoms with Crippen molar-refractivity contribution in [2.45, 2.75) is 38.1 Å². The molecule has 2 aliphatic heterocycles. The number of rotatable bonds is 3. The summed E-state index contributed by atoms with van der Waals surface area (Å²) in [7, 11) is 0. The van der Waals surface area contributed by atoms with E-state index in [1.807, 2.05) is 22.0 Å². The van der Waals surface area contributed by atoms with Crippen LogP contribution in [0, 0.1) is 0 Å². The van der Waals surface area contributed by atoms with Crippen LogP contribution < -0.4 is 9.80 Å². The lowest BCUT2D eigenvalue weighted by atomic mass is 10.1. The minimum absolute atomic E-state index is 0.210. The standard InChI is InChI=1S/C17H20N6O/c24-16-5-2-6-22(16)12-7-20-23(10-12)13-8-21(9-13)17-14-3-1-4-15(14)18-11-19-17/h7,10-11,13H,1-6,8-9H2. The van der Waals surface area contributed by atoms with Crippen molar-refractivity contribution in [1.29, 1.82) is 0 Å². The highest BCUT2D eigenvalue weighted by atomic mass is 16.2. The summed E-state index contributed by atoms with van der Waals surface area (Å²) in [6, 6.07) is 0.350. The van der Waals surface area contributed by atoms with E-state index in [0.29, 0.717) is 12.5 Å². The number of hydrogen-bond donors (Lipinski definition) is 0. The van der Waals surface area contributed by atoms with Gasteiger partial charge in [-0.25, -0.2) is 9.97 Å². The molecule has 0 spiro atoms. The first kappa shape index (κ1) is 13.9. The molecule has 0 bridgehead atoms. The zero-order valence-corrected chi connectivity index (χ0v) is 13.6. The molecule has 0 unspecified atom stereocenters. The smallest absolute Gasteiger partial charge is 0.227 e. The Morgan fingerprint density at radius 2 is 2.00 bits per heavy atom. The van der Waals surface area contributed by atoms with Crippen molar-refractivity contribution in [3.05, 3.63) is 30.0 Å². The van der Waals surface area contributed by atoms with Gasteiger partial charge in [0.15, 0.2) is 0 Å². The largest absolute Gasteiger partial charge is 0.352 e. The quantitative estimate of drug-likeness (QED) is 0.852. The van der Waals surface area contributed by atoms with Crippen molar-refractivity contribution in [3.63, 3.8) is 0 Å².